The van der Waals surface area contributed by atoms with Gasteiger partial charge in [0.05, 0.1) is 26.0 Å². The van der Waals surface area contributed by atoms with Crippen molar-refractivity contribution >= 4 is 11.7 Å². The van der Waals surface area contributed by atoms with Gasteiger partial charge in [-0.3, -0.25) is 4.79 Å². The Labute approximate surface area is 159 Å². The first-order valence-corrected chi connectivity index (χ1v) is 8.90. The summed E-state index contributed by atoms with van der Waals surface area (Å²) in [7, 11) is 1.39. The van der Waals surface area contributed by atoms with Gasteiger partial charge < -0.3 is 9.47 Å². The predicted octanol–water partition coefficient (Wildman–Crippen LogP) is 4.97. The van der Waals surface area contributed by atoms with Crippen molar-refractivity contribution in [2.24, 2.45) is 0 Å². The van der Waals surface area contributed by atoms with Crippen molar-refractivity contribution in [3.63, 3.8) is 0 Å². The van der Waals surface area contributed by atoms with E-state index in [1.807, 2.05) is 42.5 Å². The van der Waals surface area contributed by atoms with E-state index in [-0.39, 0.29) is 24.4 Å². The zero-order valence-electron chi connectivity index (χ0n) is 15.5. The van der Waals surface area contributed by atoms with Crippen LogP contribution in [0.3, 0.4) is 0 Å². The molecule has 3 rings (SSSR count). The number of nitrogens with zero attached hydrogens (tertiary/aromatic N) is 1. The second kappa shape index (κ2) is 8.43. The van der Waals surface area contributed by atoms with Crippen LogP contribution in [-0.4, -0.2) is 13.1 Å². The summed E-state index contributed by atoms with van der Waals surface area (Å²) in [6.07, 6.45) is 2.07. The minimum absolute atomic E-state index is 0.00642. The first-order chi connectivity index (χ1) is 13.1. The van der Waals surface area contributed by atoms with E-state index < -0.39 is 0 Å². The van der Waals surface area contributed by atoms with Gasteiger partial charge in [0.25, 0.3) is 0 Å². The van der Waals surface area contributed by atoms with Gasteiger partial charge in [-0.1, -0.05) is 41.8 Å². The lowest BCUT2D eigenvalue weighted by Crippen LogP contribution is -2.08. The van der Waals surface area contributed by atoms with Crippen molar-refractivity contribution in [3.8, 4) is 17.6 Å². The third kappa shape index (κ3) is 4.30. The van der Waals surface area contributed by atoms with E-state index in [9.17, 15) is 4.79 Å². The van der Waals surface area contributed by atoms with Crippen molar-refractivity contribution in [3.05, 3.63) is 70.6 Å². The van der Waals surface area contributed by atoms with Crippen LogP contribution in [0, 0.1) is 18.4 Å². The fourth-order valence-electron chi connectivity index (χ4n) is 3.38. The molecule has 0 heterocycles. The molecule has 0 saturated heterocycles. The molecule has 1 unspecified atom stereocenters. The second-order valence-corrected chi connectivity index (χ2v) is 6.44. The van der Waals surface area contributed by atoms with Crippen LogP contribution < -0.4 is 4.74 Å². The number of rotatable bonds is 5. The highest BCUT2D eigenvalue weighted by molar-refractivity contribution is 5.71. The number of methoxy groups -OCH3 is 1. The fraction of sp³-hybridized carbons (Fsp3) is 0.304. The lowest BCUT2D eigenvalue weighted by molar-refractivity contribution is -0.140. The minimum atomic E-state index is -0.274. The Morgan fingerprint density at radius 1 is 1.30 bits per heavy atom. The summed E-state index contributed by atoms with van der Waals surface area (Å²) < 4.78 is 10.9. The molecule has 0 aromatic heterocycles. The van der Waals surface area contributed by atoms with E-state index in [0.29, 0.717) is 5.69 Å². The van der Waals surface area contributed by atoms with E-state index >= 15 is 0 Å². The SMILES string of the molecule is [C-]#[N+]c1ccc2c(c1)CCC2Oc1ccc([C@@H](C#CC)CC(=O)OC)cc1. The molecule has 27 heavy (non-hydrogen) atoms. The third-order valence-corrected chi connectivity index (χ3v) is 4.76. The molecule has 0 aliphatic heterocycles. The zero-order valence-corrected chi connectivity index (χ0v) is 15.5. The number of esters is 1. The van der Waals surface area contributed by atoms with Crippen molar-refractivity contribution in [2.75, 3.05) is 7.11 Å². The summed E-state index contributed by atoms with van der Waals surface area (Å²) >= 11 is 0. The van der Waals surface area contributed by atoms with Crippen molar-refractivity contribution in [1.29, 1.82) is 0 Å². The van der Waals surface area contributed by atoms with Gasteiger partial charge in [0, 0.05) is 0 Å². The van der Waals surface area contributed by atoms with Crippen LogP contribution in [0.25, 0.3) is 4.85 Å². The first-order valence-electron chi connectivity index (χ1n) is 8.90. The molecule has 1 aliphatic carbocycles. The van der Waals surface area contributed by atoms with Crippen molar-refractivity contribution < 1.29 is 14.3 Å². The minimum Gasteiger partial charge on any atom is -0.486 e. The standard InChI is InChI=1S/C23H21NO3/c1-4-5-17(15-23(25)26-3)16-6-10-20(11-7-16)27-22-13-8-18-14-19(24-2)9-12-21(18)22/h6-7,9-12,14,17,22H,8,13,15H2,1,3H3/t17-,22?/m0/s1. The average molecular weight is 359 g/mol. The van der Waals surface area contributed by atoms with Crippen LogP contribution in [0.2, 0.25) is 0 Å². The van der Waals surface area contributed by atoms with Gasteiger partial charge in [-0.2, -0.15) is 0 Å². The Morgan fingerprint density at radius 3 is 2.74 bits per heavy atom. The summed E-state index contributed by atoms with van der Waals surface area (Å²) in [6, 6.07) is 13.5. The van der Waals surface area contributed by atoms with Crippen LogP contribution in [0.15, 0.2) is 42.5 Å². The van der Waals surface area contributed by atoms with Crippen LogP contribution in [-0.2, 0) is 16.0 Å². The summed E-state index contributed by atoms with van der Waals surface area (Å²) in [6.45, 7) is 8.89. The average Bonchev–Trinajstić information content (AvgIpc) is 3.10. The molecule has 0 bridgehead atoms. The third-order valence-electron chi connectivity index (χ3n) is 4.76. The molecular weight excluding hydrogens is 338 g/mol. The van der Waals surface area contributed by atoms with E-state index in [1.54, 1.807) is 6.92 Å². The molecule has 0 radical (unpaired) electrons. The number of ether oxygens (including phenoxy) is 2. The lowest BCUT2D eigenvalue weighted by Gasteiger charge is -2.16. The first kappa shape index (κ1) is 18.5. The summed E-state index contributed by atoms with van der Waals surface area (Å²) in [4.78, 5) is 15.1. The van der Waals surface area contributed by atoms with Crippen molar-refractivity contribution in [1.82, 2.24) is 0 Å². The summed E-state index contributed by atoms with van der Waals surface area (Å²) in [5, 5.41) is 0. The molecule has 2 aromatic rings. The topological polar surface area (TPSA) is 39.9 Å². The fourth-order valence-corrected chi connectivity index (χ4v) is 3.38. The molecule has 4 nitrogen and oxygen atoms in total. The number of carbonyl (C=O) groups excluding carboxylic acids is 1. The molecule has 136 valence electrons. The largest absolute Gasteiger partial charge is 0.486 e. The Kier molecular flexibility index (Phi) is 5.79. The van der Waals surface area contributed by atoms with E-state index in [0.717, 1.165) is 29.7 Å². The summed E-state index contributed by atoms with van der Waals surface area (Å²) in [5.74, 6) is 6.27. The van der Waals surface area contributed by atoms with E-state index in [2.05, 4.69) is 16.7 Å². The Hall–Kier alpha value is -3.24. The molecule has 0 saturated carbocycles. The monoisotopic (exact) mass is 359 g/mol. The molecule has 0 amide bonds. The van der Waals surface area contributed by atoms with Crippen LogP contribution in [0.1, 0.15) is 48.5 Å². The molecule has 4 heteroatoms. The van der Waals surface area contributed by atoms with Gasteiger partial charge in [-0.15, -0.1) is 5.92 Å². The number of hydrogen-bond donors (Lipinski definition) is 0. The highest BCUT2D eigenvalue weighted by Gasteiger charge is 2.24. The van der Waals surface area contributed by atoms with E-state index in [4.69, 9.17) is 16.0 Å². The zero-order chi connectivity index (χ0) is 19.2. The number of benzene rings is 2. The van der Waals surface area contributed by atoms with Crippen LogP contribution in [0.5, 0.6) is 5.75 Å². The Morgan fingerprint density at radius 2 is 2.07 bits per heavy atom. The lowest BCUT2D eigenvalue weighted by atomic mass is 9.96. The molecular formula is C23H21NO3. The predicted molar refractivity (Wildman–Crippen MR) is 104 cm³/mol. The Bertz CT molecular complexity index is 929. The number of carbonyl (C=O) groups is 1. The molecule has 0 spiro atoms. The molecule has 0 fully saturated rings. The Balaban J connectivity index is 1.72. The van der Waals surface area contributed by atoms with Gasteiger partial charge in [0.15, 0.2) is 5.69 Å². The van der Waals surface area contributed by atoms with Crippen LogP contribution in [0.4, 0.5) is 5.69 Å². The number of aryl methyl sites for hydroxylation is 1. The maximum atomic E-state index is 11.6. The molecule has 0 N–H and O–H groups in total. The van der Waals surface area contributed by atoms with Gasteiger partial charge in [0.2, 0.25) is 0 Å². The van der Waals surface area contributed by atoms with E-state index in [1.165, 1.54) is 12.7 Å². The highest BCUT2D eigenvalue weighted by Crippen LogP contribution is 2.37. The van der Waals surface area contributed by atoms with Crippen LogP contribution >= 0.6 is 0 Å². The van der Waals surface area contributed by atoms with Gasteiger partial charge in [-0.25, -0.2) is 4.85 Å². The number of fused-ring (bicyclic) bond motifs is 1. The molecule has 2 atom stereocenters. The normalized spacial score (nSPS) is 15.7. The van der Waals surface area contributed by atoms with Gasteiger partial charge in [-0.05, 0) is 43.0 Å². The maximum Gasteiger partial charge on any atom is 0.307 e. The van der Waals surface area contributed by atoms with Gasteiger partial charge >= 0.3 is 5.97 Å². The van der Waals surface area contributed by atoms with Crippen molar-refractivity contribution in [2.45, 2.75) is 38.2 Å². The maximum absolute atomic E-state index is 11.6. The quantitative estimate of drug-likeness (QED) is 0.430. The smallest absolute Gasteiger partial charge is 0.307 e. The highest BCUT2D eigenvalue weighted by atomic mass is 16.5. The molecule has 1 aliphatic rings. The molecule has 2 aromatic carbocycles. The van der Waals surface area contributed by atoms with Gasteiger partial charge in [0.1, 0.15) is 11.9 Å². The second-order valence-electron chi connectivity index (χ2n) is 6.44. The summed E-state index contributed by atoms with van der Waals surface area (Å²) in [5.41, 5.74) is 4.00. The number of hydrogen-bond acceptors (Lipinski definition) is 3.